The summed E-state index contributed by atoms with van der Waals surface area (Å²) in [7, 11) is 0. The first-order chi connectivity index (χ1) is 11.5. The summed E-state index contributed by atoms with van der Waals surface area (Å²) in [5.74, 6) is -2.66. The van der Waals surface area contributed by atoms with Crippen LogP contribution in [0.3, 0.4) is 0 Å². The van der Waals surface area contributed by atoms with Gasteiger partial charge in [-0.2, -0.15) is 5.26 Å². The molecule has 1 N–H and O–H groups in total. The van der Waals surface area contributed by atoms with E-state index in [2.05, 4.69) is 21.2 Å². The van der Waals surface area contributed by atoms with E-state index in [1.807, 2.05) is 6.07 Å². The Bertz CT molecular complexity index is 645. The van der Waals surface area contributed by atoms with Gasteiger partial charge in [0.2, 0.25) is 0 Å². The van der Waals surface area contributed by atoms with Crippen molar-refractivity contribution in [3.8, 4) is 17.6 Å². The van der Waals surface area contributed by atoms with Crippen LogP contribution in [-0.4, -0.2) is 44.4 Å². The first kappa shape index (κ1) is 17.4. The molecule has 2 aliphatic rings. The molecule has 2 saturated heterocycles. The topological polar surface area (TPSA) is 63.5 Å². The van der Waals surface area contributed by atoms with Crippen molar-refractivity contribution in [2.75, 3.05) is 26.3 Å². The largest absolute Gasteiger partial charge is 0.484 e. The number of halogens is 3. The van der Waals surface area contributed by atoms with Gasteiger partial charge in [-0.3, -0.25) is 0 Å². The van der Waals surface area contributed by atoms with Crippen molar-refractivity contribution < 1.29 is 23.0 Å². The predicted octanol–water partition coefficient (Wildman–Crippen LogP) is 2.86. The summed E-state index contributed by atoms with van der Waals surface area (Å²) in [5, 5.41) is 12.1. The second-order valence-electron chi connectivity index (χ2n) is 5.80. The molecule has 2 aliphatic heterocycles. The molecule has 0 saturated carbocycles. The maximum Gasteiger partial charge on any atom is 0.296 e. The highest BCUT2D eigenvalue weighted by Crippen LogP contribution is 2.40. The third kappa shape index (κ3) is 3.63. The van der Waals surface area contributed by atoms with Gasteiger partial charge in [-0.15, -0.1) is 0 Å². The maximum absolute atomic E-state index is 14.1. The number of nitriles is 1. The van der Waals surface area contributed by atoms with Crippen molar-refractivity contribution in [2.45, 2.75) is 31.0 Å². The lowest BCUT2D eigenvalue weighted by Crippen LogP contribution is -2.52. The van der Waals surface area contributed by atoms with Crippen LogP contribution in [0.1, 0.15) is 18.4 Å². The van der Waals surface area contributed by atoms with Crippen LogP contribution in [0.4, 0.5) is 8.78 Å². The molecule has 1 unspecified atom stereocenters. The Labute approximate surface area is 147 Å². The summed E-state index contributed by atoms with van der Waals surface area (Å²) < 4.78 is 45.3. The molecule has 130 valence electrons. The predicted molar refractivity (Wildman–Crippen MR) is 85.6 cm³/mol. The SMILES string of the molecule is N#Cc1c(Br)ccc(O[C@H]2CCOC2)c1OC1CCNCC1(F)F. The molecule has 2 fully saturated rings. The smallest absolute Gasteiger partial charge is 0.296 e. The minimum absolute atomic E-state index is 0.0605. The van der Waals surface area contributed by atoms with Crippen molar-refractivity contribution in [1.29, 1.82) is 5.26 Å². The van der Waals surface area contributed by atoms with E-state index in [0.717, 1.165) is 0 Å². The quantitative estimate of drug-likeness (QED) is 0.838. The second kappa shape index (κ2) is 7.21. The lowest BCUT2D eigenvalue weighted by molar-refractivity contribution is -0.109. The number of benzene rings is 1. The molecule has 2 atom stereocenters. The van der Waals surface area contributed by atoms with Crippen LogP contribution in [0.2, 0.25) is 0 Å². The molecule has 24 heavy (non-hydrogen) atoms. The normalized spacial score (nSPS) is 25.9. The third-order valence-electron chi connectivity index (χ3n) is 4.04. The monoisotopic (exact) mass is 402 g/mol. The Balaban J connectivity index is 1.91. The van der Waals surface area contributed by atoms with Crippen LogP contribution in [0.5, 0.6) is 11.5 Å². The number of ether oxygens (including phenoxy) is 3. The van der Waals surface area contributed by atoms with E-state index < -0.39 is 18.6 Å². The van der Waals surface area contributed by atoms with Crippen molar-refractivity contribution in [3.63, 3.8) is 0 Å². The number of alkyl halides is 2. The fourth-order valence-electron chi connectivity index (χ4n) is 2.74. The Morgan fingerprint density at radius 2 is 2.17 bits per heavy atom. The number of nitrogens with one attached hydrogen (secondary N) is 1. The summed E-state index contributed by atoms with van der Waals surface area (Å²) in [6.45, 7) is 1.01. The molecule has 0 aromatic heterocycles. The molecule has 0 amide bonds. The Kier molecular flexibility index (Phi) is 5.23. The Hall–Kier alpha value is -1.43. The van der Waals surface area contributed by atoms with Gasteiger partial charge in [-0.25, -0.2) is 8.78 Å². The van der Waals surface area contributed by atoms with Gasteiger partial charge in [-0.1, -0.05) is 0 Å². The number of piperidine rings is 1. The molecule has 0 bridgehead atoms. The Morgan fingerprint density at radius 1 is 1.33 bits per heavy atom. The van der Waals surface area contributed by atoms with Gasteiger partial charge >= 0.3 is 0 Å². The fraction of sp³-hybridized carbons (Fsp3) is 0.562. The molecule has 1 aromatic carbocycles. The summed E-state index contributed by atoms with van der Waals surface area (Å²) >= 11 is 3.26. The average molecular weight is 403 g/mol. The van der Waals surface area contributed by atoms with Gasteiger partial charge in [0.1, 0.15) is 17.7 Å². The first-order valence-electron chi connectivity index (χ1n) is 7.73. The summed E-state index contributed by atoms with van der Waals surface area (Å²) in [5.41, 5.74) is 0.153. The van der Waals surface area contributed by atoms with E-state index in [0.29, 0.717) is 36.4 Å². The van der Waals surface area contributed by atoms with E-state index in [1.165, 1.54) is 0 Å². The standard InChI is InChI=1S/C16H17BrF2N2O3/c17-12-1-2-13(23-10-4-6-22-8-10)15(11(12)7-20)24-14-3-5-21-9-16(14,18)19/h1-2,10,14,21H,3-6,8-9H2/t10-,14?/m0/s1. The van der Waals surface area contributed by atoms with Crippen LogP contribution >= 0.6 is 15.9 Å². The molecule has 8 heteroatoms. The van der Waals surface area contributed by atoms with Gasteiger partial charge in [-0.05, 0) is 34.6 Å². The number of hydrogen-bond acceptors (Lipinski definition) is 5. The molecule has 2 heterocycles. The summed E-state index contributed by atoms with van der Waals surface area (Å²) in [4.78, 5) is 0. The fourth-order valence-corrected chi connectivity index (χ4v) is 3.14. The molecule has 5 nitrogen and oxygen atoms in total. The average Bonchev–Trinajstić information content (AvgIpc) is 3.05. The molecule has 0 radical (unpaired) electrons. The lowest BCUT2D eigenvalue weighted by Gasteiger charge is -2.32. The van der Waals surface area contributed by atoms with Crippen molar-refractivity contribution in [1.82, 2.24) is 5.32 Å². The lowest BCUT2D eigenvalue weighted by atomic mass is 10.1. The van der Waals surface area contributed by atoms with E-state index in [1.54, 1.807) is 12.1 Å². The minimum atomic E-state index is -3.01. The van der Waals surface area contributed by atoms with Crippen molar-refractivity contribution >= 4 is 15.9 Å². The van der Waals surface area contributed by atoms with E-state index in [4.69, 9.17) is 14.2 Å². The van der Waals surface area contributed by atoms with Crippen molar-refractivity contribution in [2.24, 2.45) is 0 Å². The molecule has 0 aliphatic carbocycles. The van der Waals surface area contributed by atoms with E-state index in [-0.39, 0.29) is 23.8 Å². The van der Waals surface area contributed by atoms with E-state index in [9.17, 15) is 14.0 Å². The maximum atomic E-state index is 14.1. The zero-order valence-electron chi connectivity index (χ0n) is 12.9. The molecular weight excluding hydrogens is 386 g/mol. The number of hydrogen-bond donors (Lipinski definition) is 1. The van der Waals surface area contributed by atoms with Crippen molar-refractivity contribution in [3.05, 3.63) is 22.2 Å². The number of nitrogens with zero attached hydrogens (tertiary/aromatic N) is 1. The number of rotatable bonds is 4. The highest BCUT2D eigenvalue weighted by atomic mass is 79.9. The zero-order chi connectivity index (χ0) is 17.2. The van der Waals surface area contributed by atoms with E-state index >= 15 is 0 Å². The molecule has 1 aromatic rings. The molecule has 0 spiro atoms. The van der Waals surface area contributed by atoms with Crippen LogP contribution in [0, 0.1) is 11.3 Å². The minimum Gasteiger partial charge on any atom is -0.484 e. The zero-order valence-corrected chi connectivity index (χ0v) is 14.4. The Morgan fingerprint density at radius 3 is 2.83 bits per heavy atom. The summed E-state index contributed by atoms with van der Waals surface area (Å²) in [6, 6.07) is 5.28. The van der Waals surface area contributed by atoms with Gasteiger partial charge in [0.15, 0.2) is 17.6 Å². The third-order valence-corrected chi connectivity index (χ3v) is 4.70. The second-order valence-corrected chi connectivity index (χ2v) is 6.65. The molecular formula is C16H17BrF2N2O3. The van der Waals surface area contributed by atoms with Gasteiger partial charge in [0, 0.05) is 17.3 Å². The molecule has 3 rings (SSSR count). The summed E-state index contributed by atoms with van der Waals surface area (Å²) in [6.07, 6.45) is -0.618. The first-order valence-corrected chi connectivity index (χ1v) is 8.53. The van der Waals surface area contributed by atoms with Gasteiger partial charge in [0.05, 0.1) is 19.8 Å². The highest BCUT2D eigenvalue weighted by Gasteiger charge is 2.44. The van der Waals surface area contributed by atoms with Crippen LogP contribution < -0.4 is 14.8 Å². The van der Waals surface area contributed by atoms with Gasteiger partial charge < -0.3 is 19.5 Å². The van der Waals surface area contributed by atoms with Crippen LogP contribution in [0.15, 0.2) is 16.6 Å². The van der Waals surface area contributed by atoms with Crippen LogP contribution in [-0.2, 0) is 4.74 Å². The highest BCUT2D eigenvalue weighted by molar-refractivity contribution is 9.10. The van der Waals surface area contributed by atoms with Crippen LogP contribution in [0.25, 0.3) is 0 Å². The van der Waals surface area contributed by atoms with Gasteiger partial charge in [0.25, 0.3) is 5.92 Å².